The number of hydrogen-bond acceptors (Lipinski definition) is 6. The molecule has 1 aliphatic heterocycles. The van der Waals surface area contributed by atoms with Crippen molar-refractivity contribution in [1.29, 1.82) is 0 Å². The van der Waals surface area contributed by atoms with Crippen molar-refractivity contribution in [3.8, 4) is 16.9 Å². The maximum atomic E-state index is 13.9. The lowest BCUT2D eigenvalue weighted by Crippen LogP contribution is -2.17. The number of nitrogens with zero attached hydrogens (tertiary/aromatic N) is 3. The smallest absolute Gasteiger partial charge is 0.417 e. The van der Waals surface area contributed by atoms with Crippen molar-refractivity contribution in [2.75, 3.05) is 25.1 Å². The first-order valence-electron chi connectivity index (χ1n) is 13.1. The van der Waals surface area contributed by atoms with Gasteiger partial charge in [-0.3, -0.25) is 9.89 Å². The summed E-state index contributed by atoms with van der Waals surface area (Å²) in [4.78, 5) is 20.9. The van der Waals surface area contributed by atoms with Crippen LogP contribution in [-0.2, 0) is 17.3 Å². The summed E-state index contributed by atoms with van der Waals surface area (Å²) >= 11 is 0. The Kier molecular flexibility index (Phi) is 8.58. The lowest BCUT2D eigenvalue weighted by atomic mass is 9.97. The minimum atomic E-state index is -4.61. The zero-order chi connectivity index (χ0) is 28.8. The zero-order valence-electron chi connectivity index (χ0n) is 21.9. The van der Waals surface area contributed by atoms with Crippen molar-refractivity contribution in [2.45, 2.75) is 31.9 Å². The Bertz CT molecular complexity index is 1500. The molecule has 12 heteroatoms. The molecule has 5 rings (SSSR count). The predicted octanol–water partition coefficient (Wildman–Crippen LogP) is 6.06. The minimum absolute atomic E-state index is 0.0166. The molecule has 0 spiro atoms. The lowest BCUT2D eigenvalue weighted by molar-refractivity contribution is -0.137. The molecule has 0 aliphatic carbocycles. The Balaban J connectivity index is 1.30. The molecule has 4 aromatic rings. The van der Waals surface area contributed by atoms with Crippen molar-refractivity contribution in [3.05, 3.63) is 89.4 Å². The summed E-state index contributed by atoms with van der Waals surface area (Å²) in [7, 11) is 0. The molecule has 3 heterocycles. The number of hydrogen-bond donors (Lipinski definition) is 2. The summed E-state index contributed by atoms with van der Waals surface area (Å²) in [6, 6.07) is 12.4. The molecule has 2 aromatic carbocycles. The first-order chi connectivity index (χ1) is 19.7. The molecule has 8 nitrogen and oxygen atoms in total. The standard InChI is InChI=1S/C29H27F4N5O3/c30-21-3-1-2-19(14-21)15-26-35-27(38-37-26)28(39)36-25-16-20(6-10-34-25)23-17-22(4-5-24(23)29(31,32)33)41-13-9-18-7-11-40-12-8-18/h1-6,10,14,16-18H,7-9,11-13,15H2,(H,34,36,39)(H,35,37,38). The molecule has 0 saturated carbocycles. The Morgan fingerprint density at radius 1 is 1.10 bits per heavy atom. The number of aromatic nitrogens is 4. The normalized spacial score (nSPS) is 14.1. The van der Waals surface area contributed by atoms with E-state index in [1.165, 1.54) is 42.6 Å². The first kappa shape index (κ1) is 28.2. The molecule has 1 fully saturated rings. The maximum absolute atomic E-state index is 13.9. The molecule has 0 radical (unpaired) electrons. The third-order valence-electron chi connectivity index (χ3n) is 6.74. The molecule has 1 aliphatic rings. The van der Waals surface area contributed by atoms with Gasteiger partial charge in [0.25, 0.3) is 5.91 Å². The highest BCUT2D eigenvalue weighted by Crippen LogP contribution is 2.39. The number of rotatable bonds is 9. The number of amides is 1. The van der Waals surface area contributed by atoms with E-state index in [2.05, 4.69) is 25.5 Å². The number of benzene rings is 2. The second kappa shape index (κ2) is 12.5. The van der Waals surface area contributed by atoms with E-state index >= 15 is 0 Å². The molecular formula is C29H27F4N5O3. The number of H-pyrrole nitrogens is 1. The summed E-state index contributed by atoms with van der Waals surface area (Å²) in [5, 5.41) is 9.05. The van der Waals surface area contributed by atoms with E-state index in [0.29, 0.717) is 42.9 Å². The number of ether oxygens (including phenoxy) is 2. The second-order valence-electron chi connectivity index (χ2n) is 9.69. The summed E-state index contributed by atoms with van der Waals surface area (Å²) < 4.78 is 66.3. The van der Waals surface area contributed by atoms with Gasteiger partial charge in [-0.1, -0.05) is 12.1 Å². The summed E-state index contributed by atoms with van der Waals surface area (Å²) in [6.45, 7) is 1.80. The first-order valence-corrected chi connectivity index (χ1v) is 13.1. The van der Waals surface area contributed by atoms with E-state index in [1.54, 1.807) is 12.1 Å². The van der Waals surface area contributed by atoms with Crippen LogP contribution in [0.25, 0.3) is 11.1 Å². The van der Waals surface area contributed by atoms with Gasteiger partial charge in [0.15, 0.2) is 0 Å². The Hall–Kier alpha value is -4.32. The van der Waals surface area contributed by atoms with Gasteiger partial charge in [-0.05, 0) is 84.3 Å². The largest absolute Gasteiger partial charge is 0.494 e. The predicted molar refractivity (Wildman–Crippen MR) is 142 cm³/mol. The van der Waals surface area contributed by atoms with Gasteiger partial charge in [0.05, 0.1) is 12.2 Å². The highest BCUT2D eigenvalue weighted by Gasteiger charge is 2.34. The SMILES string of the molecule is O=C(Nc1cc(-c2cc(OCCC3CCOCC3)ccc2C(F)(F)F)ccn1)c1n[nH]c(Cc2cccc(F)c2)n1. The van der Waals surface area contributed by atoms with E-state index in [9.17, 15) is 22.4 Å². The van der Waals surface area contributed by atoms with Crippen LogP contribution >= 0.6 is 0 Å². The number of pyridine rings is 1. The van der Waals surface area contributed by atoms with E-state index in [0.717, 1.165) is 25.3 Å². The monoisotopic (exact) mass is 569 g/mol. The van der Waals surface area contributed by atoms with E-state index in [1.807, 2.05) is 0 Å². The van der Waals surface area contributed by atoms with Crippen LogP contribution in [-0.4, -0.2) is 45.9 Å². The third kappa shape index (κ3) is 7.46. The number of anilines is 1. The van der Waals surface area contributed by atoms with Gasteiger partial charge in [-0.15, -0.1) is 5.10 Å². The minimum Gasteiger partial charge on any atom is -0.494 e. The van der Waals surface area contributed by atoms with Crippen LogP contribution in [0.15, 0.2) is 60.8 Å². The van der Waals surface area contributed by atoms with Gasteiger partial charge in [0, 0.05) is 25.8 Å². The summed E-state index contributed by atoms with van der Waals surface area (Å²) in [6.07, 6.45) is -0.420. The number of halogens is 4. The fraction of sp³-hybridized carbons (Fsp3) is 0.310. The maximum Gasteiger partial charge on any atom is 0.417 e. The van der Waals surface area contributed by atoms with Gasteiger partial charge < -0.3 is 14.8 Å². The number of carbonyl (C=O) groups excluding carboxylic acids is 1. The van der Waals surface area contributed by atoms with Gasteiger partial charge >= 0.3 is 6.18 Å². The number of carbonyl (C=O) groups is 1. The van der Waals surface area contributed by atoms with E-state index < -0.39 is 23.5 Å². The van der Waals surface area contributed by atoms with Gasteiger partial charge in [0.2, 0.25) is 5.82 Å². The lowest BCUT2D eigenvalue weighted by Gasteiger charge is -2.22. The number of aromatic amines is 1. The van der Waals surface area contributed by atoms with Crippen molar-refractivity contribution >= 4 is 11.7 Å². The fourth-order valence-electron chi connectivity index (χ4n) is 4.63. The Morgan fingerprint density at radius 2 is 1.93 bits per heavy atom. The van der Waals surface area contributed by atoms with Crippen molar-refractivity contribution in [2.24, 2.45) is 5.92 Å². The molecule has 1 amide bonds. The van der Waals surface area contributed by atoms with Crippen LogP contribution in [0.2, 0.25) is 0 Å². The molecule has 214 valence electrons. The van der Waals surface area contributed by atoms with Gasteiger partial charge in [-0.25, -0.2) is 14.4 Å². The average molecular weight is 570 g/mol. The van der Waals surface area contributed by atoms with Crippen LogP contribution in [0, 0.1) is 11.7 Å². The molecule has 0 unspecified atom stereocenters. The highest BCUT2D eigenvalue weighted by molar-refractivity contribution is 6.01. The molecule has 0 bridgehead atoms. The highest BCUT2D eigenvalue weighted by atomic mass is 19.4. The van der Waals surface area contributed by atoms with Crippen LogP contribution in [0.1, 0.15) is 46.8 Å². The van der Waals surface area contributed by atoms with Gasteiger partial charge in [0.1, 0.15) is 23.2 Å². The summed E-state index contributed by atoms with van der Waals surface area (Å²) in [5.41, 5.74) is -0.111. The van der Waals surface area contributed by atoms with Crippen LogP contribution in [0.5, 0.6) is 5.75 Å². The molecule has 41 heavy (non-hydrogen) atoms. The molecule has 2 aromatic heterocycles. The molecule has 2 N–H and O–H groups in total. The number of alkyl halides is 3. The van der Waals surface area contributed by atoms with Crippen molar-refractivity contribution < 1.29 is 31.8 Å². The van der Waals surface area contributed by atoms with Gasteiger partial charge in [-0.2, -0.15) is 13.2 Å². The third-order valence-corrected chi connectivity index (χ3v) is 6.74. The summed E-state index contributed by atoms with van der Waals surface area (Å²) in [5.74, 6) is -0.169. The fourth-order valence-corrected chi connectivity index (χ4v) is 4.63. The second-order valence-corrected chi connectivity index (χ2v) is 9.69. The topological polar surface area (TPSA) is 102 Å². The van der Waals surface area contributed by atoms with Crippen LogP contribution < -0.4 is 10.1 Å². The zero-order valence-corrected chi connectivity index (χ0v) is 21.9. The van der Waals surface area contributed by atoms with Crippen LogP contribution in [0.4, 0.5) is 23.4 Å². The van der Waals surface area contributed by atoms with E-state index in [-0.39, 0.29) is 29.2 Å². The molecule has 1 saturated heterocycles. The molecular weight excluding hydrogens is 542 g/mol. The Morgan fingerprint density at radius 3 is 2.71 bits per heavy atom. The van der Waals surface area contributed by atoms with E-state index in [4.69, 9.17) is 9.47 Å². The van der Waals surface area contributed by atoms with Crippen LogP contribution in [0.3, 0.4) is 0 Å². The quantitative estimate of drug-likeness (QED) is 0.238. The Labute approximate surface area is 233 Å². The number of nitrogens with one attached hydrogen (secondary N) is 2. The molecule has 0 atom stereocenters. The van der Waals surface area contributed by atoms with Crippen molar-refractivity contribution in [3.63, 3.8) is 0 Å². The average Bonchev–Trinajstić information content (AvgIpc) is 3.42. The van der Waals surface area contributed by atoms with Crippen molar-refractivity contribution in [1.82, 2.24) is 20.2 Å².